The molecule has 0 spiro atoms. The Morgan fingerprint density at radius 3 is 2.46 bits per heavy atom. The van der Waals surface area contributed by atoms with E-state index in [4.69, 9.17) is 9.16 Å². The maximum absolute atomic E-state index is 5.43. The van der Waals surface area contributed by atoms with Gasteiger partial charge in [0.15, 0.2) is 8.32 Å². The van der Waals surface area contributed by atoms with Gasteiger partial charge in [-0.25, -0.2) is 0 Å². The molecular weight excluding hydrogens is 180 g/mol. The largest absolute Gasteiger partial charge is 0.420 e. The van der Waals surface area contributed by atoms with Crippen LogP contribution in [0.5, 0.6) is 0 Å². The molecule has 0 bridgehead atoms. The summed E-state index contributed by atoms with van der Waals surface area (Å²) >= 11 is 0. The molecule has 0 unspecified atom stereocenters. The van der Waals surface area contributed by atoms with Crippen LogP contribution in [0.1, 0.15) is 13.3 Å². The zero-order valence-corrected chi connectivity index (χ0v) is 10.4. The molecule has 3 heteroatoms. The Hall–Kier alpha value is -0.123. The van der Waals surface area contributed by atoms with Gasteiger partial charge in [0, 0.05) is 13.7 Å². The number of hydrogen-bond acceptors (Lipinski definition) is 2. The maximum atomic E-state index is 5.43. The van der Waals surface area contributed by atoms with Crippen molar-refractivity contribution < 1.29 is 9.16 Å². The van der Waals surface area contributed by atoms with E-state index in [1.54, 1.807) is 7.11 Å². The fourth-order valence-corrected chi connectivity index (χ4v) is 2.15. The lowest BCUT2D eigenvalue weighted by atomic mass is 10.4. The quantitative estimate of drug-likeness (QED) is 0.359. The van der Waals surface area contributed by atoms with Gasteiger partial charge < -0.3 is 9.16 Å². The minimum atomic E-state index is -1.36. The van der Waals surface area contributed by atoms with Crippen LogP contribution in [0.3, 0.4) is 0 Å². The van der Waals surface area contributed by atoms with Crippen LogP contribution in [0, 0.1) is 0 Å². The van der Waals surface area contributed by atoms with Gasteiger partial charge in [-0.3, -0.25) is 0 Å². The van der Waals surface area contributed by atoms with Crippen LogP contribution in [-0.4, -0.2) is 28.6 Å². The van der Waals surface area contributed by atoms with Crippen molar-refractivity contribution in [1.29, 1.82) is 0 Å². The summed E-state index contributed by atoms with van der Waals surface area (Å²) in [5.74, 6) is 0. The van der Waals surface area contributed by atoms with Crippen molar-refractivity contribution in [2.45, 2.75) is 32.5 Å². The summed E-state index contributed by atoms with van der Waals surface area (Å²) in [4.78, 5) is 0. The van der Waals surface area contributed by atoms with Gasteiger partial charge in [-0.1, -0.05) is 12.2 Å². The molecule has 0 aromatic carbocycles. The molecule has 0 saturated carbocycles. The molecule has 0 saturated heterocycles. The predicted octanol–water partition coefficient (Wildman–Crippen LogP) is 2.82. The van der Waals surface area contributed by atoms with Gasteiger partial charge >= 0.3 is 0 Å². The molecule has 0 aliphatic heterocycles. The topological polar surface area (TPSA) is 18.5 Å². The molecule has 0 aromatic rings. The van der Waals surface area contributed by atoms with Gasteiger partial charge in [0.05, 0.1) is 6.61 Å². The highest BCUT2D eigenvalue weighted by atomic mass is 28.4. The maximum Gasteiger partial charge on any atom is 0.186 e. The third-order valence-corrected chi connectivity index (χ3v) is 4.63. The zero-order valence-electron chi connectivity index (χ0n) is 9.35. The van der Waals surface area contributed by atoms with Crippen LogP contribution < -0.4 is 0 Å². The molecule has 0 amide bonds. The second-order valence-corrected chi connectivity index (χ2v) is 8.50. The summed E-state index contributed by atoms with van der Waals surface area (Å²) in [5, 5.41) is 0. The van der Waals surface area contributed by atoms with Gasteiger partial charge in [-0.05, 0) is 32.5 Å². The van der Waals surface area contributed by atoms with Gasteiger partial charge in [0.25, 0.3) is 0 Å². The Labute approximate surface area is 83.1 Å². The highest BCUT2D eigenvalue weighted by Crippen LogP contribution is 2.12. The van der Waals surface area contributed by atoms with E-state index in [0.29, 0.717) is 6.61 Å². The molecule has 0 radical (unpaired) electrons. The van der Waals surface area contributed by atoms with E-state index in [1.807, 2.05) is 6.92 Å². The molecular formula is C10H22O2Si. The first-order valence-electron chi connectivity index (χ1n) is 4.75. The van der Waals surface area contributed by atoms with Gasteiger partial charge in [-0.15, -0.1) is 0 Å². The predicted molar refractivity (Wildman–Crippen MR) is 59.5 cm³/mol. The number of hydrogen-bond donors (Lipinski definition) is 0. The lowest BCUT2D eigenvalue weighted by molar-refractivity contribution is 0.156. The van der Waals surface area contributed by atoms with Crippen molar-refractivity contribution in [2.24, 2.45) is 0 Å². The Bertz CT molecular complexity index is 155. The summed E-state index contributed by atoms with van der Waals surface area (Å²) in [6, 6.07) is 1.17. The van der Waals surface area contributed by atoms with Crippen LogP contribution in [-0.2, 0) is 9.16 Å². The second kappa shape index (κ2) is 6.35. The van der Waals surface area contributed by atoms with Gasteiger partial charge in [0.2, 0.25) is 0 Å². The van der Waals surface area contributed by atoms with Crippen molar-refractivity contribution in [2.75, 3.05) is 20.3 Å². The summed E-state index contributed by atoms with van der Waals surface area (Å²) in [6.07, 6.45) is 1.10. The van der Waals surface area contributed by atoms with Gasteiger partial charge in [0.1, 0.15) is 0 Å². The molecule has 0 atom stereocenters. The fourth-order valence-electron chi connectivity index (χ4n) is 0.948. The molecule has 78 valence electrons. The van der Waals surface area contributed by atoms with E-state index >= 15 is 0 Å². The average molecular weight is 202 g/mol. The van der Waals surface area contributed by atoms with Crippen LogP contribution in [0.2, 0.25) is 19.1 Å². The van der Waals surface area contributed by atoms with E-state index in [0.717, 1.165) is 18.6 Å². The van der Waals surface area contributed by atoms with Gasteiger partial charge in [-0.2, -0.15) is 0 Å². The average Bonchev–Trinajstić information content (AvgIpc) is 2.03. The third-order valence-electron chi connectivity index (χ3n) is 1.97. The molecule has 0 aromatic heterocycles. The van der Waals surface area contributed by atoms with Crippen molar-refractivity contribution in [3.63, 3.8) is 0 Å². The van der Waals surface area contributed by atoms with E-state index < -0.39 is 8.32 Å². The fraction of sp³-hybridized carbons (Fsp3) is 0.800. The normalized spacial score (nSPS) is 11.7. The summed E-state index contributed by atoms with van der Waals surface area (Å²) in [7, 11) is 0.450. The molecule has 13 heavy (non-hydrogen) atoms. The van der Waals surface area contributed by atoms with Crippen LogP contribution in [0.15, 0.2) is 12.2 Å². The smallest absolute Gasteiger partial charge is 0.186 e. The van der Waals surface area contributed by atoms with Crippen molar-refractivity contribution in [3.05, 3.63) is 12.2 Å². The highest BCUT2D eigenvalue weighted by molar-refractivity contribution is 6.71. The lowest BCUT2D eigenvalue weighted by Gasteiger charge is -2.19. The van der Waals surface area contributed by atoms with Crippen molar-refractivity contribution >= 4 is 8.32 Å². The minimum absolute atomic E-state index is 0.689. The zero-order chi connectivity index (χ0) is 10.3. The summed E-state index contributed by atoms with van der Waals surface area (Å²) < 4.78 is 10.8. The van der Waals surface area contributed by atoms with Crippen molar-refractivity contribution in [1.82, 2.24) is 0 Å². The number of ether oxygens (including phenoxy) is 1. The van der Waals surface area contributed by atoms with Crippen LogP contribution >= 0.6 is 0 Å². The standard InChI is InChI=1S/C10H22O2Si/c1-10(2)9-12-7-6-8-13(4,5)11-3/h1,6-9H2,2-5H3. The molecule has 0 aliphatic carbocycles. The molecule has 2 nitrogen and oxygen atoms in total. The molecule has 0 rings (SSSR count). The SMILES string of the molecule is C=C(C)COCCC[Si](C)(C)OC. The van der Waals surface area contributed by atoms with Crippen molar-refractivity contribution in [3.8, 4) is 0 Å². The number of rotatable bonds is 7. The van der Waals surface area contributed by atoms with Crippen LogP contribution in [0.4, 0.5) is 0 Å². The summed E-state index contributed by atoms with van der Waals surface area (Å²) in [5.41, 5.74) is 1.09. The molecule has 0 fully saturated rings. The molecule has 0 N–H and O–H groups in total. The first kappa shape index (κ1) is 12.9. The van der Waals surface area contributed by atoms with E-state index in [-0.39, 0.29) is 0 Å². The van der Waals surface area contributed by atoms with E-state index in [1.165, 1.54) is 6.04 Å². The first-order valence-corrected chi connectivity index (χ1v) is 7.87. The second-order valence-electron chi connectivity index (χ2n) is 4.08. The van der Waals surface area contributed by atoms with Crippen LogP contribution in [0.25, 0.3) is 0 Å². The van der Waals surface area contributed by atoms with E-state index in [2.05, 4.69) is 19.7 Å². The first-order chi connectivity index (χ1) is 5.98. The van der Waals surface area contributed by atoms with E-state index in [9.17, 15) is 0 Å². The highest BCUT2D eigenvalue weighted by Gasteiger charge is 2.19. The molecule has 0 aliphatic rings. The lowest BCUT2D eigenvalue weighted by Crippen LogP contribution is -2.28. The monoisotopic (exact) mass is 202 g/mol. The Morgan fingerprint density at radius 2 is 2.00 bits per heavy atom. The molecule has 0 heterocycles. The third kappa shape index (κ3) is 8.21. The Balaban J connectivity index is 3.30. The Kier molecular flexibility index (Phi) is 6.29. The Morgan fingerprint density at radius 1 is 1.38 bits per heavy atom. The minimum Gasteiger partial charge on any atom is -0.420 e. The summed E-state index contributed by atoms with van der Waals surface area (Å²) in [6.45, 7) is 11.7.